The van der Waals surface area contributed by atoms with Crippen molar-refractivity contribution < 1.29 is 19.0 Å². The van der Waals surface area contributed by atoms with Crippen molar-refractivity contribution in [2.24, 2.45) is 5.92 Å². The molecule has 0 spiro atoms. The van der Waals surface area contributed by atoms with Crippen LogP contribution in [0.2, 0.25) is 0 Å². The van der Waals surface area contributed by atoms with E-state index in [1.807, 2.05) is 24.3 Å². The molecule has 1 heterocycles. The maximum atomic E-state index is 12.3. The molecule has 0 radical (unpaired) electrons. The zero-order chi connectivity index (χ0) is 19.0. The van der Waals surface area contributed by atoms with E-state index < -0.39 is 0 Å². The molecule has 1 aliphatic heterocycles. The largest absolute Gasteiger partial charge is 0.493 e. The molecular formula is C22H23NO4. The molecule has 0 fully saturated rings. The summed E-state index contributed by atoms with van der Waals surface area (Å²) in [6.07, 6.45) is 5.46. The maximum absolute atomic E-state index is 12.3. The molecule has 0 bridgehead atoms. The Kier molecular flexibility index (Phi) is 4.52. The highest BCUT2D eigenvalue weighted by Gasteiger charge is 2.39. The standard InChI is InChI=1S/C22H23NO4/c1-25-18-11-10-13(12-19(18)26-2)20-15-7-4-6-14(15)16-8-5-9-17(21(16)23-20)22(24)27-3/h4-6,8-12,14-15,20,23H,7H2,1-3H3. The summed E-state index contributed by atoms with van der Waals surface area (Å²) in [6.45, 7) is 0. The highest BCUT2D eigenvalue weighted by Crippen LogP contribution is 2.51. The van der Waals surface area contributed by atoms with Crippen molar-refractivity contribution in [1.82, 2.24) is 0 Å². The summed E-state index contributed by atoms with van der Waals surface area (Å²) in [4.78, 5) is 12.3. The van der Waals surface area contributed by atoms with Gasteiger partial charge in [0, 0.05) is 5.92 Å². The van der Waals surface area contributed by atoms with Crippen molar-refractivity contribution in [3.05, 3.63) is 65.2 Å². The lowest BCUT2D eigenvalue weighted by atomic mass is 9.76. The molecule has 4 rings (SSSR count). The van der Waals surface area contributed by atoms with Gasteiger partial charge < -0.3 is 19.5 Å². The smallest absolute Gasteiger partial charge is 0.339 e. The van der Waals surface area contributed by atoms with Gasteiger partial charge in [0.15, 0.2) is 11.5 Å². The number of carbonyl (C=O) groups is 1. The lowest BCUT2D eigenvalue weighted by Gasteiger charge is -2.38. The van der Waals surface area contributed by atoms with E-state index in [0.29, 0.717) is 23.0 Å². The van der Waals surface area contributed by atoms with Crippen LogP contribution in [0.1, 0.15) is 39.9 Å². The van der Waals surface area contributed by atoms with Gasteiger partial charge in [-0.3, -0.25) is 0 Å². The van der Waals surface area contributed by atoms with E-state index in [1.165, 1.54) is 7.11 Å². The molecule has 0 aromatic heterocycles. The second kappa shape index (κ2) is 6.99. The lowest BCUT2D eigenvalue weighted by Crippen LogP contribution is -2.30. The number of benzene rings is 2. The number of ether oxygens (including phenoxy) is 3. The molecule has 3 unspecified atom stereocenters. The van der Waals surface area contributed by atoms with E-state index >= 15 is 0 Å². The molecular weight excluding hydrogens is 342 g/mol. The van der Waals surface area contributed by atoms with Gasteiger partial charge >= 0.3 is 5.97 Å². The molecule has 5 heteroatoms. The summed E-state index contributed by atoms with van der Waals surface area (Å²) >= 11 is 0. The van der Waals surface area contributed by atoms with Gasteiger partial charge in [-0.2, -0.15) is 0 Å². The molecule has 1 aliphatic carbocycles. The van der Waals surface area contributed by atoms with Crippen LogP contribution in [0, 0.1) is 5.92 Å². The number of nitrogens with one attached hydrogen (secondary N) is 1. The minimum Gasteiger partial charge on any atom is -0.493 e. The quantitative estimate of drug-likeness (QED) is 0.646. The maximum Gasteiger partial charge on any atom is 0.339 e. The monoisotopic (exact) mass is 365 g/mol. The van der Waals surface area contributed by atoms with Gasteiger partial charge in [-0.15, -0.1) is 0 Å². The van der Waals surface area contributed by atoms with Gasteiger partial charge in [0.1, 0.15) is 0 Å². The molecule has 2 aliphatic rings. The Labute approximate surface area is 158 Å². The molecule has 5 nitrogen and oxygen atoms in total. The van der Waals surface area contributed by atoms with Gasteiger partial charge in [-0.05, 0) is 41.7 Å². The lowest BCUT2D eigenvalue weighted by molar-refractivity contribution is 0.0601. The average Bonchev–Trinajstić information content (AvgIpc) is 3.21. The summed E-state index contributed by atoms with van der Waals surface area (Å²) in [5.74, 6) is 1.72. The molecule has 3 atom stereocenters. The van der Waals surface area contributed by atoms with E-state index in [-0.39, 0.29) is 17.9 Å². The first kappa shape index (κ1) is 17.5. The fourth-order valence-corrected chi connectivity index (χ4v) is 4.28. The number of hydrogen-bond donors (Lipinski definition) is 1. The number of rotatable bonds is 4. The minimum absolute atomic E-state index is 0.0584. The van der Waals surface area contributed by atoms with Crippen molar-refractivity contribution in [1.29, 1.82) is 0 Å². The summed E-state index contributed by atoms with van der Waals surface area (Å²) in [5.41, 5.74) is 3.68. The summed E-state index contributed by atoms with van der Waals surface area (Å²) in [5, 5.41) is 3.62. The fraction of sp³-hybridized carbons (Fsp3) is 0.318. The van der Waals surface area contributed by atoms with Crippen molar-refractivity contribution in [3.8, 4) is 11.5 Å². The van der Waals surface area contributed by atoms with Gasteiger partial charge in [0.05, 0.1) is 38.6 Å². The third kappa shape index (κ3) is 2.83. The number of methoxy groups -OCH3 is 3. The highest BCUT2D eigenvalue weighted by molar-refractivity contribution is 5.97. The zero-order valence-electron chi connectivity index (χ0n) is 15.7. The summed E-state index contributed by atoms with van der Waals surface area (Å²) < 4.78 is 15.8. The molecule has 1 N–H and O–H groups in total. The molecule has 0 saturated carbocycles. The second-order valence-corrected chi connectivity index (χ2v) is 6.85. The first-order chi connectivity index (χ1) is 13.2. The van der Waals surface area contributed by atoms with Crippen LogP contribution in [0.15, 0.2) is 48.6 Å². The molecule has 2 aromatic rings. The van der Waals surface area contributed by atoms with Crippen LogP contribution < -0.4 is 14.8 Å². The Bertz CT molecular complexity index is 905. The number of anilines is 1. The number of esters is 1. The number of para-hydroxylation sites is 1. The van der Waals surface area contributed by atoms with Crippen molar-refractivity contribution >= 4 is 11.7 Å². The van der Waals surface area contributed by atoms with E-state index in [2.05, 4.69) is 29.6 Å². The zero-order valence-corrected chi connectivity index (χ0v) is 15.7. The van der Waals surface area contributed by atoms with Crippen molar-refractivity contribution in [2.75, 3.05) is 26.6 Å². The van der Waals surface area contributed by atoms with Crippen LogP contribution in [-0.4, -0.2) is 27.3 Å². The Morgan fingerprint density at radius 2 is 1.89 bits per heavy atom. The first-order valence-electron chi connectivity index (χ1n) is 9.04. The number of fused-ring (bicyclic) bond motifs is 3. The Balaban J connectivity index is 1.80. The number of carbonyl (C=O) groups excluding carboxylic acids is 1. The van der Waals surface area contributed by atoms with Gasteiger partial charge in [-0.1, -0.05) is 30.4 Å². The molecule has 140 valence electrons. The van der Waals surface area contributed by atoms with E-state index in [9.17, 15) is 4.79 Å². The molecule has 2 aromatic carbocycles. The van der Waals surface area contributed by atoms with Crippen LogP contribution in [0.3, 0.4) is 0 Å². The molecule has 0 saturated heterocycles. The molecule has 0 amide bonds. The normalized spacial score (nSPS) is 22.4. The number of hydrogen-bond acceptors (Lipinski definition) is 5. The molecule has 27 heavy (non-hydrogen) atoms. The van der Waals surface area contributed by atoms with Gasteiger partial charge in [0.25, 0.3) is 0 Å². The topological polar surface area (TPSA) is 56.8 Å². The van der Waals surface area contributed by atoms with Crippen LogP contribution in [0.5, 0.6) is 11.5 Å². The van der Waals surface area contributed by atoms with Crippen LogP contribution in [0.4, 0.5) is 5.69 Å². The Hall–Kier alpha value is -2.95. The van der Waals surface area contributed by atoms with E-state index in [0.717, 1.165) is 23.2 Å². The van der Waals surface area contributed by atoms with E-state index in [1.54, 1.807) is 14.2 Å². The van der Waals surface area contributed by atoms with Crippen molar-refractivity contribution in [3.63, 3.8) is 0 Å². The van der Waals surface area contributed by atoms with Gasteiger partial charge in [0.2, 0.25) is 0 Å². The van der Waals surface area contributed by atoms with Gasteiger partial charge in [-0.25, -0.2) is 4.79 Å². The predicted molar refractivity (Wildman–Crippen MR) is 104 cm³/mol. The third-order valence-corrected chi connectivity index (χ3v) is 5.57. The van der Waals surface area contributed by atoms with Crippen LogP contribution in [-0.2, 0) is 4.74 Å². The Morgan fingerprint density at radius 3 is 2.63 bits per heavy atom. The highest BCUT2D eigenvalue weighted by atomic mass is 16.5. The average molecular weight is 365 g/mol. The summed E-state index contributed by atoms with van der Waals surface area (Å²) in [6, 6.07) is 11.9. The first-order valence-corrected chi connectivity index (χ1v) is 9.04. The van der Waals surface area contributed by atoms with Crippen LogP contribution in [0.25, 0.3) is 0 Å². The van der Waals surface area contributed by atoms with Crippen LogP contribution >= 0.6 is 0 Å². The third-order valence-electron chi connectivity index (χ3n) is 5.57. The predicted octanol–water partition coefficient (Wildman–Crippen LogP) is 4.32. The van der Waals surface area contributed by atoms with Crippen molar-refractivity contribution in [2.45, 2.75) is 18.4 Å². The summed E-state index contributed by atoms with van der Waals surface area (Å²) in [7, 11) is 4.68. The number of allylic oxidation sites excluding steroid dienone is 2. The second-order valence-electron chi connectivity index (χ2n) is 6.85. The Morgan fingerprint density at radius 1 is 1.07 bits per heavy atom. The minimum atomic E-state index is -0.328. The fourth-order valence-electron chi connectivity index (χ4n) is 4.28. The van der Waals surface area contributed by atoms with E-state index in [4.69, 9.17) is 14.2 Å². The SMILES string of the molecule is COC(=O)c1cccc2c1NC(c1ccc(OC)c(OC)c1)C1CC=CC21.